The SMILES string of the molecule is CC1CC2C[B]CCN2C(C)C(C)C(C)C(C)C1C. The molecule has 2 fully saturated rings. The fraction of sp³-hybridized carbons (Fsp3) is 1.00. The minimum Gasteiger partial charge on any atom is -0.299 e. The first kappa shape index (κ1) is 15.4. The molecule has 0 saturated carbocycles. The molecule has 0 bridgehead atoms. The van der Waals surface area contributed by atoms with Crippen molar-refractivity contribution in [1.29, 1.82) is 0 Å². The van der Waals surface area contributed by atoms with E-state index >= 15 is 0 Å². The van der Waals surface area contributed by atoms with E-state index in [9.17, 15) is 0 Å². The molecule has 7 atom stereocenters. The van der Waals surface area contributed by atoms with Crippen LogP contribution in [0.3, 0.4) is 0 Å². The maximum absolute atomic E-state index is 2.84. The largest absolute Gasteiger partial charge is 0.299 e. The quantitative estimate of drug-likeness (QED) is 0.592. The summed E-state index contributed by atoms with van der Waals surface area (Å²) in [5.74, 6) is 4.19. The van der Waals surface area contributed by atoms with Crippen LogP contribution >= 0.6 is 0 Å². The van der Waals surface area contributed by atoms with Crippen LogP contribution in [0.15, 0.2) is 0 Å². The Morgan fingerprint density at radius 2 is 1.47 bits per heavy atom. The van der Waals surface area contributed by atoms with Gasteiger partial charge in [-0.1, -0.05) is 47.3 Å². The molecule has 2 rings (SSSR count). The summed E-state index contributed by atoms with van der Waals surface area (Å²) < 4.78 is 0. The Labute approximate surface area is 121 Å². The number of fused-ring (bicyclic) bond motifs is 1. The van der Waals surface area contributed by atoms with Crippen molar-refractivity contribution >= 4 is 7.28 Å². The van der Waals surface area contributed by atoms with Gasteiger partial charge in [0.15, 0.2) is 0 Å². The van der Waals surface area contributed by atoms with Crippen LogP contribution in [0.5, 0.6) is 0 Å². The lowest BCUT2D eigenvalue weighted by Gasteiger charge is -2.43. The van der Waals surface area contributed by atoms with Gasteiger partial charge in [0.25, 0.3) is 0 Å². The smallest absolute Gasteiger partial charge is 0.113 e. The molecule has 0 aromatic heterocycles. The first-order valence-electron chi connectivity index (χ1n) is 8.50. The first-order valence-corrected chi connectivity index (χ1v) is 8.50. The zero-order valence-electron chi connectivity index (χ0n) is 13.9. The Kier molecular flexibility index (Phi) is 5.03. The molecular formula is C17H33BN. The van der Waals surface area contributed by atoms with Gasteiger partial charge in [-0.15, -0.1) is 0 Å². The molecule has 0 spiro atoms. The molecule has 19 heavy (non-hydrogen) atoms. The molecule has 1 radical (unpaired) electrons. The maximum Gasteiger partial charge on any atom is 0.113 e. The zero-order chi connectivity index (χ0) is 14.2. The molecule has 2 heteroatoms. The molecule has 0 amide bonds. The van der Waals surface area contributed by atoms with Crippen molar-refractivity contribution in [3.8, 4) is 0 Å². The predicted molar refractivity (Wildman–Crippen MR) is 85.8 cm³/mol. The highest BCUT2D eigenvalue weighted by molar-refractivity contribution is 6.36. The van der Waals surface area contributed by atoms with Crippen molar-refractivity contribution < 1.29 is 0 Å². The average Bonchev–Trinajstić information content (AvgIpc) is 2.44. The minimum atomic E-state index is 0.744. The van der Waals surface area contributed by atoms with Gasteiger partial charge in [-0.25, -0.2) is 0 Å². The third kappa shape index (κ3) is 3.04. The topological polar surface area (TPSA) is 3.24 Å². The average molecular weight is 262 g/mol. The summed E-state index contributed by atoms with van der Waals surface area (Å²) in [5, 5.41) is 0. The number of hydrogen-bond acceptors (Lipinski definition) is 1. The van der Waals surface area contributed by atoms with Crippen LogP contribution < -0.4 is 0 Å². The zero-order valence-corrected chi connectivity index (χ0v) is 13.9. The van der Waals surface area contributed by atoms with Gasteiger partial charge in [-0.05, 0) is 49.5 Å². The van der Waals surface area contributed by atoms with E-state index in [4.69, 9.17) is 0 Å². The van der Waals surface area contributed by atoms with Gasteiger partial charge >= 0.3 is 0 Å². The number of nitrogens with zero attached hydrogens (tertiary/aromatic N) is 1. The van der Waals surface area contributed by atoms with E-state index in [0.717, 1.165) is 41.7 Å². The summed E-state index contributed by atoms with van der Waals surface area (Å²) >= 11 is 0. The lowest BCUT2D eigenvalue weighted by atomic mass is 9.63. The minimum absolute atomic E-state index is 0.744. The van der Waals surface area contributed by atoms with Crippen molar-refractivity contribution in [2.24, 2.45) is 29.6 Å². The molecule has 0 aromatic rings. The molecular weight excluding hydrogens is 229 g/mol. The fourth-order valence-electron chi connectivity index (χ4n) is 4.50. The first-order chi connectivity index (χ1) is 8.93. The fourth-order valence-corrected chi connectivity index (χ4v) is 4.50. The molecule has 7 unspecified atom stereocenters. The second-order valence-corrected chi connectivity index (χ2v) is 7.59. The van der Waals surface area contributed by atoms with Gasteiger partial charge in [0.2, 0.25) is 0 Å². The van der Waals surface area contributed by atoms with Crippen LogP contribution in [0, 0.1) is 29.6 Å². The third-order valence-electron chi connectivity index (χ3n) is 6.81. The molecule has 1 nitrogen and oxygen atoms in total. The lowest BCUT2D eigenvalue weighted by molar-refractivity contribution is 0.0855. The Morgan fingerprint density at radius 3 is 2.16 bits per heavy atom. The van der Waals surface area contributed by atoms with E-state index in [1.165, 1.54) is 25.6 Å². The highest BCUT2D eigenvalue weighted by atomic mass is 15.2. The van der Waals surface area contributed by atoms with Gasteiger partial charge in [0, 0.05) is 12.1 Å². The molecule has 2 saturated heterocycles. The highest BCUT2D eigenvalue weighted by Crippen LogP contribution is 2.39. The van der Waals surface area contributed by atoms with Crippen LogP contribution in [0.4, 0.5) is 0 Å². The van der Waals surface area contributed by atoms with E-state index < -0.39 is 0 Å². The molecule has 0 aliphatic carbocycles. The van der Waals surface area contributed by atoms with Crippen LogP contribution in [0.2, 0.25) is 12.6 Å². The maximum atomic E-state index is 2.84. The van der Waals surface area contributed by atoms with E-state index in [0.29, 0.717) is 0 Å². The van der Waals surface area contributed by atoms with Gasteiger partial charge < -0.3 is 0 Å². The van der Waals surface area contributed by atoms with Crippen molar-refractivity contribution in [3.05, 3.63) is 0 Å². The summed E-state index contributed by atoms with van der Waals surface area (Å²) in [4.78, 5) is 2.84. The van der Waals surface area contributed by atoms with Crippen LogP contribution in [-0.4, -0.2) is 30.8 Å². The summed E-state index contributed by atoms with van der Waals surface area (Å²) in [5.41, 5.74) is 0. The lowest BCUT2D eigenvalue weighted by Crippen LogP contribution is -2.49. The summed E-state index contributed by atoms with van der Waals surface area (Å²) in [6.45, 7) is 16.2. The van der Waals surface area contributed by atoms with Gasteiger partial charge in [0.05, 0.1) is 0 Å². The van der Waals surface area contributed by atoms with Crippen LogP contribution in [0.25, 0.3) is 0 Å². The Hall–Kier alpha value is 0.0249. The van der Waals surface area contributed by atoms with Crippen molar-refractivity contribution in [1.82, 2.24) is 4.90 Å². The Balaban J connectivity index is 2.25. The number of rotatable bonds is 0. The molecule has 0 N–H and O–H groups in total. The third-order valence-corrected chi connectivity index (χ3v) is 6.81. The van der Waals surface area contributed by atoms with Crippen molar-refractivity contribution in [2.45, 2.75) is 72.7 Å². The van der Waals surface area contributed by atoms with Gasteiger partial charge in [0.1, 0.15) is 7.28 Å². The molecule has 109 valence electrons. The van der Waals surface area contributed by atoms with Crippen LogP contribution in [0.1, 0.15) is 48.0 Å². The van der Waals surface area contributed by atoms with Crippen LogP contribution in [-0.2, 0) is 0 Å². The predicted octanol–water partition coefficient (Wildman–Crippen LogP) is 4.18. The normalized spacial score (nSPS) is 49.5. The van der Waals surface area contributed by atoms with Crippen molar-refractivity contribution in [2.75, 3.05) is 6.54 Å². The van der Waals surface area contributed by atoms with Crippen molar-refractivity contribution in [3.63, 3.8) is 0 Å². The monoisotopic (exact) mass is 262 g/mol. The molecule has 2 aliphatic rings. The molecule has 2 heterocycles. The van der Waals surface area contributed by atoms with E-state index in [1.807, 2.05) is 0 Å². The molecule has 2 aliphatic heterocycles. The highest BCUT2D eigenvalue weighted by Gasteiger charge is 2.38. The second-order valence-electron chi connectivity index (χ2n) is 7.59. The Morgan fingerprint density at radius 1 is 0.842 bits per heavy atom. The second kappa shape index (κ2) is 6.20. The number of hydrogen-bond donors (Lipinski definition) is 0. The Bertz CT molecular complexity index is 291. The van der Waals surface area contributed by atoms with E-state index in [1.54, 1.807) is 0 Å². The van der Waals surface area contributed by atoms with E-state index in [2.05, 4.69) is 53.7 Å². The van der Waals surface area contributed by atoms with E-state index in [-0.39, 0.29) is 0 Å². The summed E-state index contributed by atoms with van der Waals surface area (Å²) in [7, 11) is 2.53. The van der Waals surface area contributed by atoms with Gasteiger partial charge in [-0.3, -0.25) is 4.90 Å². The van der Waals surface area contributed by atoms with Gasteiger partial charge in [-0.2, -0.15) is 0 Å². The summed E-state index contributed by atoms with van der Waals surface area (Å²) in [6.07, 6.45) is 4.00. The summed E-state index contributed by atoms with van der Waals surface area (Å²) in [6, 6.07) is 1.55. The standard InChI is InChI=1S/C17H33BN/c1-11-9-17-10-18-7-8-19(17)16(6)15(5)14(4)13(3)12(11)2/h11-17H,7-10H2,1-6H3. The molecule has 0 aromatic carbocycles.